The van der Waals surface area contributed by atoms with Crippen molar-refractivity contribution in [1.29, 1.82) is 0 Å². The van der Waals surface area contributed by atoms with Gasteiger partial charge in [-0.15, -0.1) is 0 Å². The van der Waals surface area contributed by atoms with Gasteiger partial charge in [-0.3, -0.25) is 15.1 Å². The van der Waals surface area contributed by atoms with E-state index in [0.29, 0.717) is 17.4 Å². The van der Waals surface area contributed by atoms with Crippen LogP contribution in [-0.2, 0) is 0 Å². The van der Waals surface area contributed by atoms with E-state index < -0.39 is 10.7 Å². The summed E-state index contributed by atoms with van der Waals surface area (Å²) in [5.74, 6) is -0.639. The Morgan fingerprint density at radius 1 is 1.45 bits per heavy atom. The van der Waals surface area contributed by atoms with E-state index in [4.69, 9.17) is 0 Å². The van der Waals surface area contributed by atoms with Crippen LogP contribution >= 0.6 is 0 Å². The molecule has 20 heavy (non-hydrogen) atoms. The quantitative estimate of drug-likeness (QED) is 0.494. The summed E-state index contributed by atoms with van der Waals surface area (Å²) in [4.78, 5) is 14.5. The van der Waals surface area contributed by atoms with Crippen LogP contribution in [0.25, 0.3) is 10.9 Å². The molecule has 5 nitrogen and oxygen atoms in total. The minimum Gasteiger partial charge on any atom is -0.381 e. The lowest BCUT2D eigenvalue weighted by Crippen LogP contribution is -2.05. The summed E-state index contributed by atoms with van der Waals surface area (Å²) in [6.07, 6.45) is 4.54. The van der Waals surface area contributed by atoms with Gasteiger partial charge in [0.1, 0.15) is 5.52 Å². The largest absolute Gasteiger partial charge is 0.381 e. The Balaban J connectivity index is 2.42. The highest BCUT2D eigenvalue weighted by Crippen LogP contribution is 2.32. The second-order valence-electron chi connectivity index (χ2n) is 4.54. The zero-order valence-electron chi connectivity index (χ0n) is 11.2. The van der Waals surface area contributed by atoms with Crippen LogP contribution in [0.4, 0.5) is 15.8 Å². The number of anilines is 1. The van der Waals surface area contributed by atoms with Crippen molar-refractivity contribution >= 4 is 22.3 Å². The van der Waals surface area contributed by atoms with Crippen molar-refractivity contribution in [3.8, 4) is 0 Å². The number of fused-ring (bicyclic) bond motifs is 1. The predicted molar refractivity (Wildman–Crippen MR) is 76.4 cm³/mol. The first-order valence-corrected chi connectivity index (χ1v) is 6.60. The van der Waals surface area contributed by atoms with Gasteiger partial charge in [0.15, 0.2) is 5.82 Å². The maximum absolute atomic E-state index is 14.0. The Morgan fingerprint density at radius 3 is 2.95 bits per heavy atom. The fraction of sp³-hybridized carbons (Fsp3) is 0.357. The van der Waals surface area contributed by atoms with Gasteiger partial charge in [-0.25, -0.2) is 4.39 Å². The lowest BCUT2D eigenvalue weighted by molar-refractivity contribution is -0.383. The second kappa shape index (κ2) is 6.27. The first-order valence-electron chi connectivity index (χ1n) is 6.60. The van der Waals surface area contributed by atoms with Crippen LogP contribution in [0.3, 0.4) is 0 Å². The van der Waals surface area contributed by atoms with E-state index in [0.717, 1.165) is 25.3 Å². The number of benzene rings is 1. The van der Waals surface area contributed by atoms with Crippen LogP contribution in [-0.4, -0.2) is 16.5 Å². The molecule has 0 unspecified atom stereocenters. The number of nitrogens with one attached hydrogen (secondary N) is 1. The summed E-state index contributed by atoms with van der Waals surface area (Å²) in [5, 5.41) is 14.3. The number of unbranched alkanes of at least 4 members (excludes halogenated alkanes) is 2. The Morgan fingerprint density at radius 2 is 2.25 bits per heavy atom. The molecule has 0 saturated carbocycles. The van der Waals surface area contributed by atoms with Gasteiger partial charge in [0.05, 0.1) is 22.1 Å². The standard InChI is InChI=1S/C14H16FN3O2/c1-2-3-4-7-17-14-11(15)9-12(18(19)20)10-6-5-8-16-13(10)14/h5-6,8-9,17H,2-4,7H2,1H3. The lowest BCUT2D eigenvalue weighted by Gasteiger charge is -2.10. The van der Waals surface area contributed by atoms with Crippen molar-refractivity contribution in [2.24, 2.45) is 0 Å². The van der Waals surface area contributed by atoms with Crippen molar-refractivity contribution < 1.29 is 9.31 Å². The minimum atomic E-state index is -0.639. The third-order valence-electron chi connectivity index (χ3n) is 3.10. The summed E-state index contributed by atoms with van der Waals surface area (Å²) in [7, 11) is 0. The number of nitro groups is 1. The monoisotopic (exact) mass is 277 g/mol. The molecule has 0 spiro atoms. The molecule has 0 bridgehead atoms. The molecule has 2 rings (SSSR count). The Labute approximate surface area is 116 Å². The molecule has 0 saturated heterocycles. The summed E-state index contributed by atoms with van der Waals surface area (Å²) in [5.41, 5.74) is 0.280. The van der Waals surface area contributed by atoms with Gasteiger partial charge in [0.25, 0.3) is 5.69 Å². The molecule has 0 aliphatic rings. The molecule has 0 fully saturated rings. The summed E-state index contributed by atoms with van der Waals surface area (Å²) in [6.45, 7) is 2.71. The highest BCUT2D eigenvalue weighted by Gasteiger charge is 2.19. The number of aromatic nitrogens is 1. The molecule has 6 heteroatoms. The highest BCUT2D eigenvalue weighted by atomic mass is 19.1. The van der Waals surface area contributed by atoms with E-state index in [1.807, 2.05) is 0 Å². The number of rotatable bonds is 6. The number of halogens is 1. The molecule has 1 aromatic heterocycles. The van der Waals surface area contributed by atoms with Gasteiger partial charge < -0.3 is 5.32 Å². The molecule has 0 radical (unpaired) electrons. The number of pyridine rings is 1. The van der Waals surface area contributed by atoms with Crippen molar-refractivity contribution in [2.45, 2.75) is 26.2 Å². The van der Waals surface area contributed by atoms with E-state index in [9.17, 15) is 14.5 Å². The predicted octanol–water partition coefficient (Wildman–Crippen LogP) is 3.88. The van der Waals surface area contributed by atoms with Gasteiger partial charge in [0.2, 0.25) is 0 Å². The van der Waals surface area contributed by atoms with Crippen LogP contribution in [0.2, 0.25) is 0 Å². The van der Waals surface area contributed by atoms with Crippen LogP contribution in [0.1, 0.15) is 26.2 Å². The zero-order valence-corrected chi connectivity index (χ0v) is 11.2. The number of nitro benzene ring substituents is 1. The third-order valence-corrected chi connectivity index (χ3v) is 3.10. The van der Waals surface area contributed by atoms with Gasteiger partial charge >= 0.3 is 0 Å². The Hall–Kier alpha value is -2.24. The van der Waals surface area contributed by atoms with E-state index in [2.05, 4.69) is 17.2 Å². The summed E-state index contributed by atoms with van der Waals surface area (Å²) >= 11 is 0. The zero-order chi connectivity index (χ0) is 14.5. The molecule has 1 heterocycles. The normalized spacial score (nSPS) is 10.7. The number of nitrogens with zero attached hydrogens (tertiary/aromatic N) is 2. The third kappa shape index (κ3) is 2.84. The molecule has 0 aliphatic carbocycles. The van der Waals surface area contributed by atoms with Crippen molar-refractivity contribution in [3.63, 3.8) is 0 Å². The van der Waals surface area contributed by atoms with Crippen LogP contribution < -0.4 is 5.32 Å². The average molecular weight is 277 g/mol. The van der Waals surface area contributed by atoms with Crippen LogP contribution in [0.5, 0.6) is 0 Å². The minimum absolute atomic E-state index is 0.238. The van der Waals surface area contributed by atoms with Crippen LogP contribution in [0, 0.1) is 15.9 Å². The average Bonchev–Trinajstić information content (AvgIpc) is 2.44. The van der Waals surface area contributed by atoms with Gasteiger partial charge in [-0.05, 0) is 18.6 Å². The topological polar surface area (TPSA) is 68.1 Å². The molecule has 0 atom stereocenters. The molecule has 106 valence electrons. The van der Waals surface area contributed by atoms with Crippen molar-refractivity contribution in [1.82, 2.24) is 4.98 Å². The van der Waals surface area contributed by atoms with E-state index in [1.54, 1.807) is 12.1 Å². The van der Waals surface area contributed by atoms with Gasteiger partial charge in [-0.1, -0.05) is 19.8 Å². The first kappa shape index (κ1) is 14.2. The number of hydrogen-bond acceptors (Lipinski definition) is 4. The first-order chi connectivity index (χ1) is 9.65. The van der Waals surface area contributed by atoms with Gasteiger partial charge in [0, 0.05) is 12.7 Å². The molecule has 1 N–H and O–H groups in total. The fourth-order valence-electron chi connectivity index (χ4n) is 2.10. The molecule has 0 aliphatic heterocycles. The lowest BCUT2D eigenvalue weighted by atomic mass is 10.1. The van der Waals surface area contributed by atoms with E-state index in [-0.39, 0.29) is 11.4 Å². The summed E-state index contributed by atoms with van der Waals surface area (Å²) in [6, 6.07) is 4.14. The maximum atomic E-state index is 14.0. The Kier molecular flexibility index (Phi) is 4.45. The van der Waals surface area contributed by atoms with Crippen LogP contribution in [0.15, 0.2) is 24.4 Å². The molecule has 1 aromatic carbocycles. The molecular weight excluding hydrogens is 261 g/mol. The number of non-ortho nitro benzene ring substituents is 1. The van der Waals surface area contributed by atoms with E-state index in [1.165, 1.54) is 6.20 Å². The highest BCUT2D eigenvalue weighted by molar-refractivity contribution is 5.97. The molecule has 0 amide bonds. The SMILES string of the molecule is CCCCCNc1c(F)cc([N+](=O)[O-])c2cccnc12. The van der Waals surface area contributed by atoms with E-state index >= 15 is 0 Å². The number of hydrogen-bond donors (Lipinski definition) is 1. The van der Waals surface area contributed by atoms with Gasteiger partial charge in [-0.2, -0.15) is 0 Å². The maximum Gasteiger partial charge on any atom is 0.281 e. The smallest absolute Gasteiger partial charge is 0.281 e. The summed E-state index contributed by atoms with van der Waals surface area (Å²) < 4.78 is 14.0. The Bertz CT molecular complexity index is 631. The molecular formula is C14H16FN3O2. The fourth-order valence-corrected chi connectivity index (χ4v) is 2.10. The van der Waals surface area contributed by atoms with Crippen molar-refractivity contribution in [3.05, 3.63) is 40.3 Å². The second-order valence-corrected chi connectivity index (χ2v) is 4.54. The molecule has 2 aromatic rings. The van der Waals surface area contributed by atoms with Crippen molar-refractivity contribution in [2.75, 3.05) is 11.9 Å².